The minimum Gasteiger partial charge on any atom is -0.375 e. The Kier molecular flexibility index (Phi) is 3.92. The summed E-state index contributed by atoms with van der Waals surface area (Å²) in [4.78, 5) is 6.62. The molecule has 0 aliphatic carbocycles. The zero-order valence-electron chi connectivity index (χ0n) is 12.4. The van der Waals surface area contributed by atoms with Crippen LogP contribution in [-0.4, -0.2) is 36.4 Å². The predicted octanol–water partition coefficient (Wildman–Crippen LogP) is 3.45. The van der Waals surface area contributed by atoms with E-state index in [-0.39, 0.29) is 0 Å². The van der Waals surface area contributed by atoms with Crippen LogP contribution in [0, 0.1) is 5.41 Å². The topological polar surface area (TPSA) is 52.0 Å². The SMILES string of the molecule is CN(C)C(=N)c1cccc(-c2nc3c(s2)NCCCC3)c1. The van der Waals surface area contributed by atoms with Crippen LogP contribution in [-0.2, 0) is 6.42 Å². The molecule has 1 aliphatic rings. The van der Waals surface area contributed by atoms with Gasteiger partial charge in [0, 0.05) is 31.8 Å². The van der Waals surface area contributed by atoms with Crippen LogP contribution in [0.5, 0.6) is 0 Å². The first-order valence-corrected chi connectivity index (χ1v) is 8.07. The highest BCUT2D eigenvalue weighted by Crippen LogP contribution is 2.34. The highest BCUT2D eigenvalue weighted by atomic mass is 32.1. The Balaban J connectivity index is 1.94. The molecule has 1 aliphatic heterocycles. The van der Waals surface area contributed by atoms with E-state index < -0.39 is 0 Å². The van der Waals surface area contributed by atoms with E-state index in [0.29, 0.717) is 5.84 Å². The summed E-state index contributed by atoms with van der Waals surface area (Å²) in [6.07, 6.45) is 3.48. The van der Waals surface area contributed by atoms with E-state index in [0.717, 1.165) is 29.1 Å². The fraction of sp³-hybridized carbons (Fsp3) is 0.375. The number of hydrogen-bond acceptors (Lipinski definition) is 4. The molecule has 0 saturated carbocycles. The van der Waals surface area contributed by atoms with Gasteiger partial charge in [0.15, 0.2) is 0 Å². The third-order valence-electron chi connectivity index (χ3n) is 3.65. The van der Waals surface area contributed by atoms with Crippen LogP contribution in [0.1, 0.15) is 24.1 Å². The van der Waals surface area contributed by atoms with Crippen LogP contribution in [0.15, 0.2) is 24.3 Å². The Labute approximate surface area is 129 Å². The fourth-order valence-electron chi connectivity index (χ4n) is 2.46. The maximum atomic E-state index is 8.10. The van der Waals surface area contributed by atoms with Gasteiger partial charge in [-0.1, -0.05) is 29.5 Å². The predicted molar refractivity (Wildman–Crippen MR) is 89.5 cm³/mol. The van der Waals surface area contributed by atoms with Crippen LogP contribution in [0.4, 0.5) is 5.00 Å². The molecule has 0 amide bonds. The molecule has 0 unspecified atom stereocenters. The Morgan fingerprint density at radius 2 is 2.19 bits per heavy atom. The van der Waals surface area contributed by atoms with Gasteiger partial charge in [-0.25, -0.2) is 4.98 Å². The monoisotopic (exact) mass is 300 g/mol. The zero-order valence-corrected chi connectivity index (χ0v) is 13.3. The average molecular weight is 300 g/mol. The molecule has 2 aromatic rings. The molecular weight excluding hydrogens is 280 g/mol. The molecule has 0 atom stereocenters. The van der Waals surface area contributed by atoms with E-state index in [4.69, 9.17) is 10.4 Å². The van der Waals surface area contributed by atoms with Gasteiger partial charge in [-0.15, -0.1) is 0 Å². The second-order valence-electron chi connectivity index (χ2n) is 5.50. The number of fused-ring (bicyclic) bond motifs is 1. The van der Waals surface area contributed by atoms with E-state index in [1.54, 1.807) is 11.3 Å². The summed E-state index contributed by atoms with van der Waals surface area (Å²) in [7, 11) is 3.79. The summed E-state index contributed by atoms with van der Waals surface area (Å²) >= 11 is 1.72. The highest BCUT2D eigenvalue weighted by molar-refractivity contribution is 7.19. The first-order chi connectivity index (χ1) is 10.1. The Morgan fingerprint density at radius 3 is 3.00 bits per heavy atom. The third-order valence-corrected chi connectivity index (χ3v) is 4.76. The van der Waals surface area contributed by atoms with E-state index in [2.05, 4.69) is 17.4 Å². The van der Waals surface area contributed by atoms with Crippen molar-refractivity contribution < 1.29 is 0 Å². The lowest BCUT2D eigenvalue weighted by Crippen LogP contribution is -2.21. The number of amidine groups is 1. The molecule has 4 nitrogen and oxygen atoms in total. The summed E-state index contributed by atoms with van der Waals surface area (Å²) in [6.45, 7) is 1.04. The van der Waals surface area contributed by atoms with E-state index >= 15 is 0 Å². The molecule has 21 heavy (non-hydrogen) atoms. The van der Waals surface area contributed by atoms with Crippen LogP contribution < -0.4 is 5.32 Å². The lowest BCUT2D eigenvalue weighted by molar-refractivity contribution is 0.619. The van der Waals surface area contributed by atoms with Crippen molar-refractivity contribution in [3.8, 4) is 10.6 Å². The van der Waals surface area contributed by atoms with Crippen molar-refractivity contribution in [1.29, 1.82) is 5.41 Å². The van der Waals surface area contributed by atoms with Crippen molar-refractivity contribution in [2.24, 2.45) is 0 Å². The average Bonchev–Trinajstić information content (AvgIpc) is 2.77. The van der Waals surface area contributed by atoms with E-state index in [1.165, 1.54) is 23.5 Å². The molecule has 0 saturated heterocycles. The van der Waals surface area contributed by atoms with Crippen LogP contribution in [0.25, 0.3) is 10.6 Å². The van der Waals surface area contributed by atoms with Crippen molar-refractivity contribution in [2.75, 3.05) is 26.0 Å². The molecule has 110 valence electrons. The van der Waals surface area contributed by atoms with Gasteiger partial charge in [-0.3, -0.25) is 5.41 Å². The van der Waals surface area contributed by atoms with Gasteiger partial charge >= 0.3 is 0 Å². The number of hydrogen-bond donors (Lipinski definition) is 2. The summed E-state index contributed by atoms with van der Waals surface area (Å²) < 4.78 is 0. The maximum Gasteiger partial charge on any atom is 0.127 e. The molecule has 2 heterocycles. The van der Waals surface area contributed by atoms with Crippen molar-refractivity contribution in [1.82, 2.24) is 9.88 Å². The number of anilines is 1. The number of aromatic nitrogens is 1. The van der Waals surface area contributed by atoms with Gasteiger partial charge in [0.1, 0.15) is 15.8 Å². The quantitative estimate of drug-likeness (QED) is 0.660. The van der Waals surface area contributed by atoms with Gasteiger partial charge < -0.3 is 10.2 Å². The van der Waals surface area contributed by atoms with E-state index in [9.17, 15) is 0 Å². The molecule has 0 radical (unpaired) electrons. The van der Waals surface area contributed by atoms with Crippen molar-refractivity contribution in [3.05, 3.63) is 35.5 Å². The normalized spacial score (nSPS) is 14.0. The summed E-state index contributed by atoms with van der Waals surface area (Å²) in [5.74, 6) is 0.521. The minimum absolute atomic E-state index is 0.521. The molecule has 2 N–H and O–H groups in total. The van der Waals surface area contributed by atoms with Gasteiger partial charge in [-0.05, 0) is 25.3 Å². The molecule has 1 aromatic heterocycles. The molecular formula is C16H20N4S. The smallest absolute Gasteiger partial charge is 0.127 e. The van der Waals surface area contributed by atoms with Crippen molar-refractivity contribution in [3.63, 3.8) is 0 Å². The number of nitrogens with one attached hydrogen (secondary N) is 2. The summed E-state index contributed by atoms with van der Waals surface area (Å²) in [5.41, 5.74) is 3.22. The van der Waals surface area contributed by atoms with Gasteiger partial charge in [0.25, 0.3) is 0 Å². The Bertz CT molecular complexity index is 637. The number of rotatable bonds is 2. The van der Waals surface area contributed by atoms with Crippen LogP contribution in [0.2, 0.25) is 0 Å². The molecule has 1 aromatic carbocycles. The Morgan fingerprint density at radius 1 is 1.33 bits per heavy atom. The zero-order chi connectivity index (χ0) is 14.8. The fourth-order valence-corrected chi connectivity index (χ4v) is 3.49. The second kappa shape index (κ2) is 5.85. The largest absolute Gasteiger partial charge is 0.375 e. The summed E-state index contributed by atoms with van der Waals surface area (Å²) in [5, 5.41) is 13.8. The number of aryl methyl sites for hydroxylation is 1. The first-order valence-electron chi connectivity index (χ1n) is 7.25. The molecule has 3 rings (SSSR count). The Hall–Kier alpha value is -1.88. The number of benzene rings is 1. The standard InChI is InChI=1S/C16H20N4S/c1-20(2)14(17)11-6-5-7-12(10-11)15-19-13-8-3-4-9-18-16(13)21-15/h5-7,10,17-18H,3-4,8-9H2,1-2H3. The minimum atomic E-state index is 0.521. The lowest BCUT2D eigenvalue weighted by Gasteiger charge is -2.14. The molecule has 0 bridgehead atoms. The lowest BCUT2D eigenvalue weighted by atomic mass is 10.1. The number of thiazole rings is 1. The highest BCUT2D eigenvalue weighted by Gasteiger charge is 2.15. The van der Waals surface area contributed by atoms with Crippen LogP contribution >= 0.6 is 11.3 Å². The van der Waals surface area contributed by atoms with Crippen molar-refractivity contribution in [2.45, 2.75) is 19.3 Å². The molecule has 0 fully saturated rings. The molecule has 5 heteroatoms. The second-order valence-corrected chi connectivity index (χ2v) is 6.50. The van der Waals surface area contributed by atoms with Crippen LogP contribution in [0.3, 0.4) is 0 Å². The summed E-state index contributed by atoms with van der Waals surface area (Å²) in [6, 6.07) is 8.11. The van der Waals surface area contributed by atoms with Crippen molar-refractivity contribution >= 4 is 22.2 Å². The van der Waals surface area contributed by atoms with E-state index in [1.807, 2.05) is 31.1 Å². The van der Waals surface area contributed by atoms with Gasteiger partial charge in [0.05, 0.1) is 5.69 Å². The maximum absolute atomic E-state index is 8.10. The first kappa shape index (κ1) is 14.1. The molecule has 0 spiro atoms. The van der Waals surface area contributed by atoms with Gasteiger partial charge in [-0.2, -0.15) is 0 Å². The van der Waals surface area contributed by atoms with Gasteiger partial charge in [0.2, 0.25) is 0 Å². The third kappa shape index (κ3) is 2.93. The number of nitrogens with zero attached hydrogens (tertiary/aromatic N) is 2.